The van der Waals surface area contributed by atoms with Gasteiger partial charge in [0.25, 0.3) is 0 Å². The first-order chi connectivity index (χ1) is 4.60. The van der Waals surface area contributed by atoms with Gasteiger partial charge in [-0.3, -0.25) is 0 Å². The summed E-state index contributed by atoms with van der Waals surface area (Å²) in [4.78, 5) is 0. The van der Waals surface area contributed by atoms with E-state index in [0.29, 0.717) is 6.04 Å². The van der Waals surface area contributed by atoms with E-state index in [1.54, 1.807) is 7.11 Å². The van der Waals surface area contributed by atoms with E-state index in [1.165, 1.54) is 0 Å². The molecule has 10 heavy (non-hydrogen) atoms. The first-order valence-corrected chi connectivity index (χ1v) is 3.83. The van der Waals surface area contributed by atoms with Crippen molar-refractivity contribution in [1.82, 2.24) is 5.32 Å². The van der Waals surface area contributed by atoms with Crippen LogP contribution in [0.4, 0.5) is 0 Å². The van der Waals surface area contributed by atoms with E-state index < -0.39 is 0 Å². The Morgan fingerprint density at radius 2 is 2.10 bits per heavy atom. The molecule has 2 heteroatoms. The van der Waals surface area contributed by atoms with Crippen molar-refractivity contribution in [3.8, 4) is 0 Å². The summed E-state index contributed by atoms with van der Waals surface area (Å²) in [5, 5.41) is 3.18. The Balaban J connectivity index is 4.02. The molecule has 0 aliphatic carbocycles. The van der Waals surface area contributed by atoms with Crippen molar-refractivity contribution >= 4 is 0 Å². The molecule has 0 aromatic heterocycles. The van der Waals surface area contributed by atoms with Gasteiger partial charge in [-0.05, 0) is 27.3 Å². The average Bonchev–Trinajstić information content (AvgIpc) is 2.01. The maximum Gasteiger partial charge on any atom is 0.0797 e. The van der Waals surface area contributed by atoms with Crippen molar-refractivity contribution in [2.45, 2.75) is 38.8 Å². The zero-order valence-corrected chi connectivity index (χ0v) is 7.69. The van der Waals surface area contributed by atoms with Crippen molar-refractivity contribution in [3.05, 3.63) is 0 Å². The van der Waals surface area contributed by atoms with Gasteiger partial charge in [0.2, 0.25) is 0 Å². The third-order valence-corrected chi connectivity index (χ3v) is 2.52. The molecule has 62 valence electrons. The first-order valence-electron chi connectivity index (χ1n) is 3.83. The minimum Gasteiger partial charge on any atom is -0.377 e. The molecule has 0 fully saturated rings. The molecule has 1 N–H and O–H groups in total. The predicted molar refractivity (Wildman–Crippen MR) is 44.2 cm³/mol. The SMILES string of the molecule is CCC(C)(OC)C(C)NC. The van der Waals surface area contributed by atoms with Crippen LogP contribution in [-0.2, 0) is 4.74 Å². The second-order valence-corrected chi connectivity index (χ2v) is 2.88. The highest BCUT2D eigenvalue weighted by molar-refractivity contribution is 4.83. The van der Waals surface area contributed by atoms with Gasteiger partial charge in [-0.2, -0.15) is 0 Å². The van der Waals surface area contributed by atoms with Crippen LogP contribution in [0.1, 0.15) is 27.2 Å². The van der Waals surface area contributed by atoms with E-state index in [4.69, 9.17) is 4.74 Å². The maximum atomic E-state index is 5.38. The Morgan fingerprint density at radius 3 is 2.20 bits per heavy atom. The van der Waals surface area contributed by atoms with Crippen LogP contribution >= 0.6 is 0 Å². The highest BCUT2D eigenvalue weighted by atomic mass is 16.5. The normalized spacial score (nSPS) is 20.1. The lowest BCUT2D eigenvalue weighted by Crippen LogP contribution is -2.46. The van der Waals surface area contributed by atoms with Crippen LogP contribution in [0.2, 0.25) is 0 Å². The summed E-state index contributed by atoms with van der Waals surface area (Å²) in [6, 6.07) is 0.405. The molecule has 0 aliphatic heterocycles. The highest BCUT2D eigenvalue weighted by Gasteiger charge is 2.27. The van der Waals surface area contributed by atoms with E-state index in [0.717, 1.165) is 6.42 Å². The summed E-state index contributed by atoms with van der Waals surface area (Å²) < 4.78 is 5.38. The van der Waals surface area contributed by atoms with Crippen LogP contribution < -0.4 is 5.32 Å². The Morgan fingerprint density at radius 1 is 1.60 bits per heavy atom. The van der Waals surface area contributed by atoms with E-state index in [2.05, 4.69) is 26.1 Å². The van der Waals surface area contributed by atoms with Crippen molar-refractivity contribution in [2.75, 3.05) is 14.2 Å². The molecule has 0 amide bonds. The van der Waals surface area contributed by atoms with Gasteiger partial charge in [0.15, 0.2) is 0 Å². The minimum absolute atomic E-state index is 0.0191. The van der Waals surface area contributed by atoms with Gasteiger partial charge in [-0.25, -0.2) is 0 Å². The van der Waals surface area contributed by atoms with Crippen molar-refractivity contribution < 1.29 is 4.74 Å². The first kappa shape index (κ1) is 9.92. The molecule has 0 aromatic rings. The Bertz CT molecular complexity index is 89.3. The fourth-order valence-electron chi connectivity index (χ4n) is 0.933. The van der Waals surface area contributed by atoms with Crippen molar-refractivity contribution in [1.29, 1.82) is 0 Å². The van der Waals surface area contributed by atoms with Crippen molar-refractivity contribution in [2.24, 2.45) is 0 Å². The highest BCUT2D eigenvalue weighted by Crippen LogP contribution is 2.17. The molecule has 2 atom stereocenters. The molecule has 0 aliphatic rings. The summed E-state index contributed by atoms with van der Waals surface area (Å²) >= 11 is 0. The minimum atomic E-state index is -0.0191. The van der Waals surface area contributed by atoms with Gasteiger partial charge in [0.1, 0.15) is 0 Å². The molecular formula is C8H19NO. The van der Waals surface area contributed by atoms with E-state index in [1.807, 2.05) is 7.05 Å². The van der Waals surface area contributed by atoms with Gasteiger partial charge < -0.3 is 10.1 Å². The van der Waals surface area contributed by atoms with Crippen LogP contribution in [0.25, 0.3) is 0 Å². The summed E-state index contributed by atoms with van der Waals surface area (Å²) in [5.41, 5.74) is -0.0191. The van der Waals surface area contributed by atoms with E-state index in [9.17, 15) is 0 Å². The van der Waals surface area contributed by atoms with Crippen LogP contribution in [-0.4, -0.2) is 25.8 Å². The van der Waals surface area contributed by atoms with Gasteiger partial charge in [-0.1, -0.05) is 6.92 Å². The fourth-order valence-corrected chi connectivity index (χ4v) is 0.933. The zero-order chi connectivity index (χ0) is 8.20. The summed E-state index contributed by atoms with van der Waals surface area (Å²) in [7, 11) is 3.72. The monoisotopic (exact) mass is 145 g/mol. The van der Waals surface area contributed by atoms with Crippen LogP contribution in [0.15, 0.2) is 0 Å². The smallest absolute Gasteiger partial charge is 0.0797 e. The van der Waals surface area contributed by atoms with E-state index >= 15 is 0 Å². The number of hydrogen-bond acceptors (Lipinski definition) is 2. The summed E-state index contributed by atoms with van der Waals surface area (Å²) in [6.45, 7) is 6.39. The number of nitrogens with one attached hydrogen (secondary N) is 1. The standard InChI is InChI=1S/C8H19NO/c1-6-8(3,10-5)7(2)9-4/h7,9H,6H2,1-5H3. The molecule has 0 saturated carbocycles. The molecule has 0 aromatic carbocycles. The lowest BCUT2D eigenvalue weighted by Gasteiger charge is -2.33. The predicted octanol–water partition coefficient (Wildman–Crippen LogP) is 1.41. The molecule has 0 spiro atoms. The number of methoxy groups -OCH3 is 1. The van der Waals surface area contributed by atoms with Gasteiger partial charge in [-0.15, -0.1) is 0 Å². The van der Waals surface area contributed by atoms with Gasteiger partial charge >= 0.3 is 0 Å². The van der Waals surface area contributed by atoms with Gasteiger partial charge in [0.05, 0.1) is 5.60 Å². The average molecular weight is 145 g/mol. The molecule has 0 rings (SSSR count). The number of ether oxygens (including phenoxy) is 1. The number of hydrogen-bond donors (Lipinski definition) is 1. The molecular weight excluding hydrogens is 126 g/mol. The zero-order valence-electron chi connectivity index (χ0n) is 7.69. The van der Waals surface area contributed by atoms with Crippen LogP contribution in [0.5, 0.6) is 0 Å². The topological polar surface area (TPSA) is 21.3 Å². The molecule has 2 nitrogen and oxygen atoms in total. The largest absolute Gasteiger partial charge is 0.377 e. The molecule has 2 unspecified atom stereocenters. The molecule has 0 radical (unpaired) electrons. The Kier molecular flexibility index (Phi) is 3.91. The van der Waals surface area contributed by atoms with Crippen molar-refractivity contribution in [3.63, 3.8) is 0 Å². The molecule has 0 bridgehead atoms. The Hall–Kier alpha value is -0.0800. The van der Waals surface area contributed by atoms with Crippen LogP contribution in [0, 0.1) is 0 Å². The fraction of sp³-hybridized carbons (Fsp3) is 1.00. The maximum absolute atomic E-state index is 5.38. The second-order valence-electron chi connectivity index (χ2n) is 2.88. The van der Waals surface area contributed by atoms with Gasteiger partial charge in [0, 0.05) is 13.2 Å². The summed E-state index contributed by atoms with van der Waals surface area (Å²) in [6.07, 6.45) is 1.03. The lowest BCUT2D eigenvalue weighted by atomic mass is 9.95. The third kappa shape index (κ3) is 1.96. The number of rotatable bonds is 4. The quantitative estimate of drug-likeness (QED) is 0.646. The summed E-state index contributed by atoms with van der Waals surface area (Å²) in [5.74, 6) is 0. The molecule has 0 saturated heterocycles. The third-order valence-electron chi connectivity index (χ3n) is 2.52. The van der Waals surface area contributed by atoms with Crippen LogP contribution in [0.3, 0.4) is 0 Å². The lowest BCUT2D eigenvalue weighted by molar-refractivity contribution is -0.0220. The molecule has 0 heterocycles. The Labute approximate surface area is 64.0 Å². The number of likely N-dealkylation sites (N-methyl/N-ethyl adjacent to an activating group) is 1. The van der Waals surface area contributed by atoms with E-state index in [-0.39, 0.29) is 5.60 Å². The second kappa shape index (κ2) is 3.94.